The molecule has 0 aliphatic carbocycles. The monoisotopic (exact) mass is 502 g/mol. The smallest absolute Gasteiger partial charge is 0.420 e. The Morgan fingerprint density at radius 2 is 1.94 bits per heavy atom. The number of carbonyl (C=O) groups is 1. The van der Waals surface area contributed by atoms with Crippen molar-refractivity contribution in [2.24, 2.45) is 5.73 Å². The van der Waals surface area contributed by atoms with Crippen molar-refractivity contribution in [3.05, 3.63) is 83.1 Å². The summed E-state index contributed by atoms with van der Waals surface area (Å²) in [5.41, 5.74) is 7.07. The first kappa shape index (κ1) is 25.2. The second-order valence-corrected chi connectivity index (χ2v) is 7.93. The van der Waals surface area contributed by atoms with E-state index in [1.165, 1.54) is 24.4 Å². The molecular weight excluding hydrogens is 480 g/mol. The molecule has 0 amide bonds. The Labute approximate surface area is 203 Å². The Bertz CT molecular complexity index is 1400. The second kappa shape index (κ2) is 10.4. The summed E-state index contributed by atoms with van der Waals surface area (Å²) < 4.78 is 71.0. The van der Waals surface area contributed by atoms with Gasteiger partial charge >= 0.3 is 12.1 Å². The number of halogens is 4. The first-order valence-corrected chi connectivity index (χ1v) is 11.0. The number of rotatable bonds is 8. The fourth-order valence-electron chi connectivity index (χ4n) is 3.81. The van der Waals surface area contributed by atoms with E-state index in [4.69, 9.17) is 19.6 Å². The number of hydrogen-bond acceptors (Lipinski definition) is 6. The van der Waals surface area contributed by atoms with E-state index in [1.807, 2.05) is 0 Å². The second-order valence-electron chi connectivity index (χ2n) is 7.93. The van der Waals surface area contributed by atoms with Crippen LogP contribution < -0.4 is 10.5 Å². The van der Waals surface area contributed by atoms with Crippen LogP contribution in [0.5, 0.6) is 5.75 Å². The van der Waals surface area contributed by atoms with Crippen molar-refractivity contribution in [3.63, 3.8) is 0 Å². The number of fused-ring (bicyclic) bond motifs is 1. The topological polar surface area (TPSA) is 87.6 Å². The quantitative estimate of drug-likeness (QED) is 0.242. The number of pyridine rings is 1. The summed E-state index contributed by atoms with van der Waals surface area (Å²) in [6, 6.07) is 9.96. The van der Waals surface area contributed by atoms with E-state index in [2.05, 4.69) is 4.98 Å². The van der Waals surface area contributed by atoms with Crippen molar-refractivity contribution >= 4 is 16.9 Å². The molecule has 2 aromatic carbocycles. The van der Waals surface area contributed by atoms with Gasteiger partial charge in [0.2, 0.25) is 0 Å². The third-order valence-corrected chi connectivity index (χ3v) is 5.44. The van der Waals surface area contributed by atoms with Gasteiger partial charge in [-0.15, -0.1) is 0 Å². The SMILES string of the molecule is CCOC(=O)Cc1ccc(F)cc1OCc1cc(-c2ccnc(CN)c2)c2occ(C(F)(F)F)c2c1. The van der Waals surface area contributed by atoms with Gasteiger partial charge < -0.3 is 19.6 Å². The highest BCUT2D eigenvalue weighted by Crippen LogP contribution is 2.40. The van der Waals surface area contributed by atoms with Gasteiger partial charge in [0.1, 0.15) is 35.6 Å². The third kappa shape index (κ3) is 5.49. The molecule has 0 bridgehead atoms. The first-order valence-electron chi connectivity index (χ1n) is 11.0. The predicted molar refractivity (Wildman–Crippen MR) is 123 cm³/mol. The minimum absolute atomic E-state index is 0.0500. The minimum Gasteiger partial charge on any atom is -0.488 e. The van der Waals surface area contributed by atoms with E-state index in [0.29, 0.717) is 34.2 Å². The van der Waals surface area contributed by atoms with E-state index >= 15 is 0 Å². The fraction of sp³-hybridized carbons (Fsp3) is 0.231. The van der Waals surface area contributed by atoms with Crippen LogP contribution in [0, 0.1) is 5.82 Å². The van der Waals surface area contributed by atoms with E-state index < -0.39 is 23.5 Å². The number of hydrogen-bond donors (Lipinski definition) is 1. The molecule has 0 atom stereocenters. The maximum absolute atomic E-state index is 13.9. The summed E-state index contributed by atoms with van der Waals surface area (Å²) in [4.78, 5) is 16.1. The van der Waals surface area contributed by atoms with Crippen LogP contribution in [0.3, 0.4) is 0 Å². The molecule has 0 fully saturated rings. The maximum atomic E-state index is 13.9. The number of aromatic nitrogens is 1. The number of alkyl halides is 3. The summed E-state index contributed by atoms with van der Waals surface area (Å²) in [5, 5.41) is -0.143. The van der Waals surface area contributed by atoms with Gasteiger partial charge in [0, 0.05) is 35.3 Å². The van der Waals surface area contributed by atoms with E-state index in [9.17, 15) is 22.4 Å². The van der Waals surface area contributed by atoms with Crippen LogP contribution in [0.1, 0.15) is 29.3 Å². The minimum atomic E-state index is -4.64. The van der Waals surface area contributed by atoms with Crippen LogP contribution in [0.15, 0.2) is 59.3 Å². The number of furan rings is 1. The Balaban J connectivity index is 1.75. The van der Waals surface area contributed by atoms with Crippen LogP contribution >= 0.6 is 0 Å². The summed E-state index contributed by atoms with van der Waals surface area (Å²) in [5.74, 6) is -1.02. The normalized spacial score (nSPS) is 11.6. The molecule has 0 saturated carbocycles. The van der Waals surface area contributed by atoms with Crippen molar-refractivity contribution in [2.45, 2.75) is 32.7 Å². The Hall–Kier alpha value is -3.92. The first-order chi connectivity index (χ1) is 17.2. The van der Waals surface area contributed by atoms with Crippen LogP contribution in [0.25, 0.3) is 22.1 Å². The van der Waals surface area contributed by atoms with Crippen molar-refractivity contribution in [2.75, 3.05) is 6.61 Å². The van der Waals surface area contributed by atoms with Gasteiger partial charge in [-0.05, 0) is 48.4 Å². The van der Waals surface area contributed by atoms with E-state index in [0.717, 1.165) is 6.07 Å². The Morgan fingerprint density at radius 3 is 2.67 bits per heavy atom. The molecule has 0 aliphatic rings. The molecule has 6 nitrogen and oxygen atoms in total. The van der Waals surface area contributed by atoms with Crippen molar-refractivity contribution < 1.29 is 36.2 Å². The van der Waals surface area contributed by atoms with Gasteiger partial charge in [0.15, 0.2) is 0 Å². The molecular formula is C26H22F4N2O4. The zero-order valence-corrected chi connectivity index (χ0v) is 19.2. The molecule has 2 N–H and O–H groups in total. The Kier molecular flexibility index (Phi) is 7.25. The Morgan fingerprint density at radius 1 is 1.14 bits per heavy atom. The van der Waals surface area contributed by atoms with Gasteiger partial charge in [-0.1, -0.05) is 6.07 Å². The standard InChI is InChI=1S/C26H22F4N2O4/c1-2-34-24(33)10-17-3-4-18(27)11-23(17)35-13-15-7-20(16-5-6-32-19(9-16)12-31)25-21(8-15)22(14-36-25)26(28,29)30/h3-9,11,14H,2,10,12-13,31H2,1H3. The van der Waals surface area contributed by atoms with Crippen LogP contribution in [-0.4, -0.2) is 17.6 Å². The highest BCUT2D eigenvalue weighted by Gasteiger charge is 2.35. The molecule has 4 rings (SSSR count). The van der Waals surface area contributed by atoms with Gasteiger partial charge in [0.05, 0.1) is 18.7 Å². The molecule has 36 heavy (non-hydrogen) atoms. The largest absolute Gasteiger partial charge is 0.488 e. The van der Waals surface area contributed by atoms with Crippen LogP contribution in [0.2, 0.25) is 0 Å². The molecule has 0 spiro atoms. The number of esters is 1. The molecule has 0 radical (unpaired) electrons. The summed E-state index contributed by atoms with van der Waals surface area (Å²) in [6.45, 7) is 1.80. The molecule has 188 valence electrons. The lowest BCUT2D eigenvalue weighted by molar-refractivity contribution is -0.142. The van der Waals surface area contributed by atoms with Crippen molar-refractivity contribution in [1.82, 2.24) is 4.98 Å². The zero-order valence-electron chi connectivity index (χ0n) is 19.2. The third-order valence-electron chi connectivity index (χ3n) is 5.44. The fourth-order valence-corrected chi connectivity index (χ4v) is 3.81. The van der Waals surface area contributed by atoms with E-state index in [-0.39, 0.29) is 42.9 Å². The lowest BCUT2D eigenvalue weighted by Crippen LogP contribution is -2.09. The maximum Gasteiger partial charge on any atom is 0.420 e. The van der Waals surface area contributed by atoms with Crippen LogP contribution in [0.4, 0.5) is 17.6 Å². The summed E-state index contributed by atoms with van der Waals surface area (Å²) >= 11 is 0. The van der Waals surface area contributed by atoms with E-state index in [1.54, 1.807) is 25.1 Å². The molecule has 2 heterocycles. The lowest BCUT2D eigenvalue weighted by Gasteiger charge is -2.13. The number of nitrogens with two attached hydrogens (primary N) is 1. The molecule has 0 unspecified atom stereocenters. The van der Waals surface area contributed by atoms with Crippen molar-refractivity contribution in [3.8, 4) is 16.9 Å². The molecule has 0 saturated heterocycles. The van der Waals surface area contributed by atoms with Crippen molar-refractivity contribution in [1.29, 1.82) is 0 Å². The number of benzene rings is 2. The van der Waals surface area contributed by atoms with Crippen LogP contribution in [-0.2, 0) is 35.3 Å². The number of ether oxygens (including phenoxy) is 2. The zero-order chi connectivity index (χ0) is 25.9. The average molecular weight is 502 g/mol. The lowest BCUT2D eigenvalue weighted by atomic mass is 9.99. The molecule has 2 aromatic heterocycles. The number of carbonyl (C=O) groups excluding carboxylic acids is 1. The van der Waals surface area contributed by atoms with Gasteiger partial charge in [0.25, 0.3) is 0 Å². The summed E-state index contributed by atoms with van der Waals surface area (Å²) in [7, 11) is 0. The highest BCUT2D eigenvalue weighted by molar-refractivity contribution is 5.95. The highest BCUT2D eigenvalue weighted by atomic mass is 19.4. The van der Waals surface area contributed by atoms with Gasteiger partial charge in [-0.3, -0.25) is 9.78 Å². The summed E-state index contributed by atoms with van der Waals surface area (Å²) in [6.07, 6.45) is -2.60. The molecule has 4 aromatic rings. The van der Waals surface area contributed by atoms with Gasteiger partial charge in [-0.25, -0.2) is 4.39 Å². The predicted octanol–water partition coefficient (Wildman–Crippen LogP) is 5.80. The molecule has 10 heteroatoms. The van der Waals surface area contributed by atoms with Gasteiger partial charge in [-0.2, -0.15) is 13.2 Å². The number of nitrogens with zero attached hydrogens (tertiary/aromatic N) is 1. The molecule has 0 aliphatic heterocycles. The average Bonchev–Trinajstić information content (AvgIpc) is 3.28.